The Morgan fingerprint density at radius 1 is 1.16 bits per heavy atom. The molecule has 0 saturated carbocycles. The molecule has 3 aromatic rings. The standard InChI is InChI=1S/C23H25N3O3S2/c1-15-6-8-16(9-7-15)26-22(28)20-17-4-2-3-5-18(17)31-21(20)24-23(26)30-14-19(27)25-10-12-29-13-11-25/h6-9H,2-5,10-14H2,1H3. The molecule has 2 aromatic heterocycles. The van der Waals surface area contributed by atoms with Gasteiger partial charge in [0.05, 0.1) is 30.0 Å². The zero-order valence-corrected chi connectivity index (χ0v) is 19.2. The van der Waals surface area contributed by atoms with Gasteiger partial charge in [-0.25, -0.2) is 4.98 Å². The van der Waals surface area contributed by atoms with Gasteiger partial charge >= 0.3 is 0 Å². The Labute approximate surface area is 189 Å². The third-order valence-electron chi connectivity index (χ3n) is 5.94. The zero-order valence-electron chi connectivity index (χ0n) is 17.6. The molecule has 0 bridgehead atoms. The van der Waals surface area contributed by atoms with E-state index < -0.39 is 0 Å². The van der Waals surface area contributed by atoms with Gasteiger partial charge in [-0.3, -0.25) is 14.2 Å². The highest BCUT2D eigenvalue weighted by Gasteiger charge is 2.24. The first-order chi connectivity index (χ1) is 15.1. The summed E-state index contributed by atoms with van der Waals surface area (Å²) in [6.07, 6.45) is 4.26. The van der Waals surface area contributed by atoms with Gasteiger partial charge in [0.25, 0.3) is 5.56 Å². The van der Waals surface area contributed by atoms with Crippen LogP contribution in [0.2, 0.25) is 0 Å². The molecule has 1 aliphatic carbocycles. The van der Waals surface area contributed by atoms with Gasteiger partial charge in [-0.1, -0.05) is 29.5 Å². The maximum atomic E-state index is 13.7. The molecular weight excluding hydrogens is 430 g/mol. The monoisotopic (exact) mass is 455 g/mol. The Kier molecular flexibility index (Phi) is 5.86. The number of aromatic nitrogens is 2. The van der Waals surface area contributed by atoms with Crippen LogP contribution in [0.4, 0.5) is 0 Å². The number of ether oxygens (including phenoxy) is 1. The van der Waals surface area contributed by atoms with Crippen LogP contribution in [0.15, 0.2) is 34.2 Å². The van der Waals surface area contributed by atoms with E-state index in [4.69, 9.17) is 9.72 Å². The molecule has 0 radical (unpaired) electrons. The number of morpholine rings is 1. The van der Waals surface area contributed by atoms with Gasteiger partial charge < -0.3 is 9.64 Å². The van der Waals surface area contributed by atoms with Crippen molar-refractivity contribution in [2.24, 2.45) is 0 Å². The van der Waals surface area contributed by atoms with E-state index in [0.717, 1.165) is 40.7 Å². The first-order valence-corrected chi connectivity index (χ1v) is 12.5. The molecule has 1 fully saturated rings. The average molecular weight is 456 g/mol. The fraction of sp³-hybridized carbons (Fsp3) is 0.435. The molecular formula is C23H25N3O3S2. The summed E-state index contributed by atoms with van der Waals surface area (Å²) >= 11 is 3.00. The number of aryl methyl sites for hydroxylation is 3. The van der Waals surface area contributed by atoms with Crippen LogP contribution in [-0.2, 0) is 22.4 Å². The smallest absolute Gasteiger partial charge is 0.267 e. The third kappa shape index (κ3) is 4.04. The number of benzene rings is 1. The molecule has 6 nitrogen and oxygen atoms in total. The number of thioether (sulfide) groups is 1. The molecule has 0 atom stereocenters. The second-order valence-corrected chi connectivity index (χ2v) is 10.1. The first kappa shape index (κ1) is 20.7. The number of thiophene rings is 1. The van der Waals surface area contributed by atoms with Crippen molar-refractivity contribution in [1.29, 1.82) is 0 Å². The molecule has 0 spiro atoms. The van der Waals surface area contributed by atoms with E-state index in [2.05, 4.69) is 0 Å². The Morgan fingerprint density at radius 2 is 1.90 bits per heavy atom. The number of hydrogen-bond acceptors (Lipinski definition) is 6. The van der Waals surface area contributed by atoms with Crippen molar-refractivity contribution < 1.29 is 9.53 Å². The summed E-state index contributed by atoms with van der Waals surface area (Å²) in [4.78, 5) is 35.3. The van der Waals surface area contributed by atoms with E-state index in [1.807, 2.05) is 36.1 Å². The molecule has 0 unspecified atom stereocenters. The van der Waals surface area contributed by atoms with Gasteiger partial charge in [0.1, 0.15) is 4.83 Å². The van der Waals surface area contributed by atoms with E-state index in [0.29, 0.717) is 31.5 Å². The lowest BCUT2D eigenvalue weighted by Gasteiger charge is -2.26. The van der Waals surface area contributed by atoms with Crippen LogP contribution in [0, 0.1) is 6.92 Å². The zero-order chi connectivity index (χ0) is 21.4. The van der Waals surface area contributed by atoms with Gasteiger partial charge in [0.15, 0.2) is 5.16 Å². The van der Waals surface area contributed by atoms with E-state index in [1.165, 1.54) is 28.6 Å². The lowest BCUT2D eigenvalue weighted by atomic mass is 9.97. The lowest BCUT2D eigenvalue weighted by molar-refractivity contribution is -0.132. The molecule has 3 heterocycles. The summed E-state index contributed by atoms with van der Waals surface area (Å²) in [5.41, 5.74) is 3.10. The Morgan fingerprint density at radius 3 is 2.68 bits per heavy atom. The molecule has 1 aliphatic heterocycles. The molecule has 8 heteroatoms. The normalized spacial score (nSPS) is 16.5. The summed E-state index contributed by atoms with van der Waals surface area (Å²) in [6.45, 7) is 4.42. The largest absolute Gasteiger partial charge is 0.378 e. The number of hydrogen-bond donors (Lipinski definition) is 0. The molecule has 2 aliphatic rings. The van der Waals surface area contributed by atoms with Gasteiger partial charge in [-0.2, -0.15) is 0 Å². The summed E-state index contributed by atoms with van der Waals surface area (Å²) < 4.78 is 7.04. The third-order valence-corrected chi connectivity index (χ3v) is 8.05. The lowest BCUT2D eigenvalue weighted by Crippen LogP contribution is -2.41. The Hall–Kier alpha value is -2.16. The molecule has 5 rings (SSSR count). The number of nitrogens with zero attached hydrogens (tertiary/aromatic N) is 3. The van der Waals surface area contributed by atoms with Gasteiger partial charge in [-0.15, -0.1) is 11.3 Å². The highest BCUT2D eigenvalue weighted by atomic mass is 32.2. The van der Waals surface area contributed by atoms with Crippen LogP contribution in [-0.4, -0.2) is 52.4 Å². The SMILES string of the molecule is Cc1ccc(-n2c(SCC(=O)N3CCOCC3)nc3sc4c(c3c2=O)CCCC4)cc1. The molecule has 31 heavy (non-hydrogen) atoms. The van der Waals surface area contributed by atoms with Crippen molar-refractivity contribution in [2.75, 3.05) is 32.1 Å². The van der Waals surface area contributed by atoms with Crippen molar-refractivity contribution in [3.63, 3.8) is 0 Å². The summed E-state index contributed by atoms with van der Waals surface area (Å²) in [5, 5.41) is 1.35. The predicted molar refractivity (Wildman–Crippen MR) is 125 cm³/mol. The minimum Gasteiger partial charge on any atom is -0.378 e. The first-order valence-electron chi connectivity index (χ1n) is 10.7. The molecule has 162 valence electrons. The van der Waals surface area contributed by atoms with Crippen molar-refractivity contribution in [2.45, 2.75) is 37.8 Å². The van der Waals surface area contributed by atoms with Gasteiger partial charge in [0, 0.05) is 18.0 Å². The topological polar surface area (TPSA) is 64.4 Å². The highest BCUT2D eigenvalue weighted by molar-refractivity contribution is 7.99. The molecule has 1 saturated heterocycles. The number of carbonyl (C=O) groups is 1. The number of fused-ring (bicyclic) bond motifs is 3. The van der Waals surface area contributed by atoms with Crippen molar-refractivity contribution in [3.8, 4) is 5.69 Å². The molecule has 0 N–H and O–H groups in total. The highest BCUT2D eigenvalue weighted by Crippen LogP contribution is 2.35. The van der Waals surface area contributed by atoms with Crippen LogP contribution in [0.25, 0.3) is 15.9 Å². The summed E-state index contributed by atoms with van der Waals surface area (Å²) in [6, 6.07) is 7.92. The minimum atomic E-state index is -0.0189. The second kappa shape index (κ2) is 8.76. The van der Waals surface area contributed by atoms with Crippen LogP contribution < -0.4 is 5.56 Å². The van der Waals surface area contributed by atoms with Crippen molar-refractivity contribution >= 4 is 39.2 Å². The van der Waals surface area contributed by atoms with Crippen LogP contribution in [0.1, 0.15) is 28.8 Å². The summed E-state index contributed by atoms with van der Waals surface area (Å²) in [7, 11) is 0. The van der Waals surface area contributed by atoms with Crippen LogP contribution >= 0.6 is 23.1 Å². The predicted octanol–water partition coefficient (Wildman–Crippen LogP) is 3.59. The maximum Gasteiger partial charge on any atom is 0.267 e. The van der Waals surface area contributed by atoms with E-state index in [1.54, 1.807) is 15.9 Å². The molecule has 1 amide bonds. The van der Waals surface area contributed by atoms with Crippen molar-refractivity contribution in [3.05, 3.63) is 50.6 Å². The van der Waals surface area contributed by atoms with E-state index in [9.17, 15) is 9.59 Å². The fourth-order valence-corrected chi connectivity index (χ4v) is 6.45. The second-order valence-electron chi connectivity index (χ2n) is 8.04. The Bertz CT molecular complexity index is 1180. The summed E-state index contributed by atoms with van der Waals surface area (Å²) in [5.74, 6) is 0.318. The van der Waals surface area contributed by atoms with Crippen molar-refractivity contribution in [1.82, 2.24) is 14.5 Å². The number of carbonyl (C=O) groups excluding carboxylic acids is 1. The average Bonchev–Trinajstić information content (AvgIpc) is 3.17. The quantitative estimate of drug-likeness (QED) is 0.444. The number of amides is 1. The van der Waals surface area contributed by atoms with Gasteiger partial charge in [0.2, 0.25) is 5.91 Å². The van der Waals surface area contributed by atoms with E-state index >= 15 is 0 Å². The Balaban J connectivity index is 1.56. The van der Waals surface area contributed by atoms with Crippen LogP contribution in [0.3, 0.4) is 0 Å². The molecule has 1 aromatic carbocycles. The van der Waals surface area contributed by atoms with Gasteiger partial charge in [-0.05, 0) is 50.3 Å². The minimum absolute atomic E-state index is 0.0189. The fourth-order valence-electron chi connectivity index (χ4n) is 4.23. The maximum absolute atomic E-state index is 13.7. The number of rotatable bonds is 4. The van der Waals surface area contributed by atoms with Crippen LogP contribution in [0.5, 0.6) is 0 Å². The van der Waals surface area contributed by atoms with E-state index in [-0.39, 0.29) is 17.2 Å².